The van der Waals surface area contributed by atoms with Gasteiger partial charge in [0.1, 0.15) is 17.4 Å². The number of aliphatic hydroxyl groups is 2. The first-order chi connectivity index (χ1) is 12.3. The number of hydrogen-bond acceptors (Lipinski definition) is 5. The summed E-state index contributed by atoms with van der Waals surface area (Å²) < 4.78 is 33.5. The van der Waals surface area contributed by atoms with Gasteiger partial charge in [0.15, 0.2) is 0 Å². The van der Waals surface area contributed by atoms with E-state index in [4.69, 9.17) is 4.74 Å². The Hall–Kier alpha value is -1.87. The molecule has 2 N–H and O–H groups in total. The molecule has 0 saturated carbocycles. The molecule has 0 bridgehead atoms. The van der Waals surface area contributed by atoms with Crippen LogP contribution >= 0.6 is 15.9 Å². The number of aryl methyl sites for hydroxylation is 1. The fraction of sp³-hybridized carbons (Fsp3) is 0.222. The van der Waals surface area contributed by atoms with Crippen molar-refractivity contribution in [2.24, 2.45) is 0 Å². The summed E-state index contributed by atoms with van der Waals surface area (Å²) in [4.78, 5) is 0.118. The zero-order valence-electron chi connectivity index (χ0n) is 14.2. The third kappa shape index (κ3) is 3.03. The molecule has 8 heteroatoms. The van der Waals surface area contributed by atoms with E-state index in [9.17, 15) is 18.6 Å². The summed E-state index contributed by atoms with van der Waals surface area (Å²) >= 11 is 3.40. The maximum atomic E-state index is 13.2. The van der Waals surface area contributed by atoms with Gasteiger partial charge in [0.05, 0.1) is 18.6 Å². The number of hydrogen-bond donors (Lipinski definition) is 2. The minimum atomic E-state index is -3.93. The number of ether oxygens (including phenoxy) is 1. The van der Waals surface area contributed by atoms with Crippen LogP contribution in [0.3, 0.4) is 0 Å². The van der Waals surface area contributed by atoms with E-state index in [1.54, 1.807) is 24.3 Å². The maximum absolute atomic E-state index is 13.2. The fourth-order valence-electron chi connectivity index (χ4n) is 2.83. The molecule has 0 saturated heterocycles. The summed E-state index contributed by atoms with van der Waals surface area (Å²) in [7, 11) is -2.48. The zero-order chi connectivity index (χ0) is 19.1. The Kier molecular flexibility index (Phi) is 5.12. The lowest BCUT2D eigenvalue weighted by molar-refractivity contribution is 0.0966. The molecule has 138 valence electrons. The molecule has 0 fully saturated rings. The molecule has 0 aliphatic rings. The topological polar surface area (TPSA) is 88.8 Å². The van der Waals surface area contributed by atoms with Crippen molar-refractivity contribution in [1.82, 2.24) is 3.97 Å². The molecule has 3 rings (SSSR count). The summed E-state index contributed by atoms with van der Waals surface area (Å²) in [5, 5.41) is 20.0. The lowest BCUT2D eigenvalue weighted by Gasteiger charge is -2.11. The van der Waals surface area contributed by atoms with Crippen LogP contribution in [0.4, 0.5) is 0 Å². The van der Waals surface area contributed by atoms with Gasteiger partial charge >= 0.3 is 0 Å². The Labute approximate surface area is 159 Å². The number of aliphatic hydroxyl groups excluding tert-OH is 2. The summed E-state index contributed by atoms with van der Waals surface area (Å²) in [6.07, 6.45) is 0.101. The minimum Gasteiger partial charge on any atom is -0.495 e. The average Bonchev–Trinajstić information content (AvgIpc) is 3.04. The van der Waals surface area contributed by atoms with Gasteiger partial charge in [0, 0.05) is 21.6 Å². The van der Waals surface area contributed by atoms with E-state index in [1.165, 1.54) is 25.4 Å². The fourth-order valence-corrected chi connectivity index (χ4v) is 4.76. The lowest BCUT2D eigenvalue weighted by atomic mass is 10.1. The van der Waals surface area contributed by atoms with Crippen LogP contribution in [0.2, 0.25) is 0 Å². The van der Waals surface area contributed by atoms with Crippen LogP contribution in [0.15, 0.2) is 52.0 Å². The SMILES string of the molecule is COc1ccc(Br)c2c(C(O)CO)cn(S(=O)(=O)c3ccc(C)cc3)c12. The van der Waals surface area contributed by atoms with Crippen molar-refractivity contribution in [3.8, 4) is 5.75 Å². The second-order valence-electron chi connectivity index (χ2n) is 5.87. The highest BCUT2D eigenvalue weighted by Gasteiger charge is 2.27. The molecule has 1 heterocycles. The molecular weight excluding hydrogens is 422 g/mol. The molecule has 0 amide bonds. The number of rotatable bonds is 5. The summed E-state index contributed by atoms with van der Waals surface area (Å²) in [5.74, 6) is 0.343. The second kappa shape index (κ2) is 7.03. The Balaban J connectivity index is 2.39. The van der Waals surface area contributed by atoms with E-state index in [1.807, 2.05) is 6.92 Å². The molecule has 26 heavy (non-hydrogen) atoms. The van der Waals surface area contributed by atoms with Gasteiger partial charge in [-0.15, -0.1) is 0 Å². The van der Waals surface area contributed by atoms with Crippen molar-refractivity contribution in [2.75, 3.05) is 13.7 Å². The van der Waals surface area contributed by atoms with Crippen molar-refractivity contribution in [2.45, 2.75) is 17.9 Å². The lowest BCUT2D eigenvalue weighted by Crippen LogP contribution is -2.12. The van der Waals surface area contributed by atoms with Gasteiger partial charge in [0.2, 0.25) is 0 Å². The van der Waals surface area contributed by atoms with Crippen molar-refractivity contribution in [3.05, 3.63) is 58.2 Å². The molecule has 2 aromatic carbocycles. The minimum absolute atomic E-state index is 0.118. The van der Waals surface area contributed by atoms with Crippen LogP contribution in [0.5, 0.6) is 5.75 Å². The smallest absolute Gasteiger partial charge is 0.268 e. The van der Waals surface area contributed by atoms with E-state index in [2.05, 4.69) is 15.9 Å². The quantitative estimate of drug-likeness (QED) is 0.637. The Morgan fingerprint density at radius 3 is 2.42 bits per heavy atom. The number of halogens is 1. The molecule has 0 aliphatic heterocycles. The molecule has 1 unspecified atom stereocenters. The first-order valence-corrected chi connectivity index (χ1v) is 10.0. The second-order valence-corrected chi connectivity index (χ2v) is 8.54. The molecule has 1 aromatic heterocycles. The van der Waals surface area contributed by atoms with Crippen molar-refractivity contribution in [1.29, 1.82) is 0 Å². The molecule has 1 atom stereocenters. The van der Waals surface area contributed by atoms with E-state index >= 15 is 0 Å². The maximum Gasteiger partial charge on any atom is 0.268 e. The molecule has 0 radical (unpaired) electrons. The van der Waals surface area contributed by atoms with Gasteiger partial charge < -0.3 is 14.9 Å². The average molecular weight is 440 g/mol. The molecule has 6 nitrogen and oxygen atoms in total. The molecule has 0 aliphatic carbocycles. The standard InChI is InChI=1S/C18H18BrNO5S/c1-11-3-5-12(6-4-11)26(23,24)20-9-13(15(22)10-21)17-14(19)7-8-16(25-2)18(17)20/h3-9,15,21-22H,10H2,1-2H3. The van der Waals surface area contributed by atoms with Gasteiger partial charge in [-0.3, -0.25) is 0 Å². The zero-order valence-corrected chi connectivity index (χ0v) is 16.6. The van der Waals surface area contributed by atoms with Crippen LogP contribution in [0.1, 0.15) is 17.2 Å². The first kappa shape index (κ1) is 18.9. The predicted octanol–water partition coefficient (Wildman–Crippen LogP) is 2.98. The van der Waals surface area contributed by atoms with Gasteiger partial charge in [0.25, 0.3) is 10.0 Å². The van der Waals surface area contributed by atoms with E-state index in [-0.39, 0.29) is 4.90 Å². The van der Waals surface area contributed by atoms with E-state index < -0.39 is 22.7 Å². The summed E-state index contributed by atoms with van der Waals surface area (Å²) in [6, 6.07) is 9.84. The Morgan fingerprint density at radius 1 is 1.19 bits per heavy atom. The Bertz CT molecular complexity index is 1060. The Morgan fingerprint density at radius 2 is 1.85 bits per heavy atom. The van der Waals surface area contributed by atoms with Crippen LogP contribution in [-0.2, 0) is 10.0 Å². The highest BCUT2D eigenvalue weighted by molar-refractivity contribution is 9.10. The number of methoxy groups -OCH3 is 1. The van der Waals surface area contributed by atoms with Crippen LogP contribution in [0, 0.1) is 6.92 Å². The number of aromatic nitrogens is 1. The predicted molar refractivity (Wildman–Crippen MR) is 102 cm³/mol. The van der Waals surface area contributed by atoms with Crippen LogP contribution in [-0.4, -0.2) is 36.3 Å². The third-order valence-corrected chi connectivity index (χ3v) is 6.52. The highest BCUT2D eigenvalue weighted by atomic mass is 79.9. The molecular formula is C18H18BrNO5S. The van der Waals surface area contributed by atoms with Crippen molar-refractivity contribution in [3.63, 3.8) is 0 Å². The third-order valence-electron chi connectivity index (χ3n) is 4.19. The van der Waals surface area contributed by atoms with Crippen LogP contribution < -0.4 is 4.74 Å². The number of benzene rings is 2. The van der Waals surface area contributed by atoms with Gasteiger partial charge in [-0.05, 0) is 31.2 Å². The monoisotopic (exact) mass is 439 g/mol. The summed E-state index contributed by atoms with van der Waals surface area (Å²) in [5.41, 5.74) is 1.53. The highest BCUT2D eigenvalue weighted by Crippen LogP contribution is 2.39. The number of nitrogens with zero attached hydrogens (tertiary/aromatic N) is 1. The largest absolute Gasteiger partial charge is 0.495 e. The normalized spacial score (nSPS) is 13.1. The van der Waals surface area contributed by atoms with Gasteiger partial charge in [-0.25, -0.2) is 12.4 Å². The van der Waals surface area contributed by atoms with E-state index in [0.717, 1.165) is 9.54 Å². The number of fused-ring (bicyclic) bond motifs is 1. The summed E-state index contributed by atoms with van der Waals surface area (Å²) in [6.45, 7) is 1.34. The van der Waals surface area contributed by atoms with Gasteiger partial charge in [-0.2, -0.15) is 0 Å². The van der Waals surface area contributed by atoms with Crippen molar-refractivity contribution >= 4 is 36.9 Å². The van der Waals surface area contributed by atoms with Gasteiger partial charge in [-0.1, -0.05) is 33.6 Å². The van der Waals surface area contributed by atoms with E-state index in [0.29, 0.717) is 26.7 Å². The van der Waals surface area contributed by atoms with Crippen molar-refractivity contribution < 1.29 is 23.4 Å². The first-order valence-electron chi connectivity index (χ1n) is 7.80. The molecule has 0 spiro atoms. The van der Waals surface area contributed by atoms with Crippen LogP contribution in [0.25, 0.3) is 10.9 Å². The molecule has 3 aromatic rings.